The predicted molar refractivity (Wildman–Crippen MR) is 143 cm³/mol. The molecule has 0 saturated carbocycles. The maximum absolute atomic E-state index is 12.8. The minimum Gasteiger partial charge on any atom is -0.493 e. The quantitative estimate of drug-likeness (QED) is 0.343. The van der Waals surface area contributed by atoms with E-state index in [2.05, 4.69) is 5.32 Å². The van der Waals surface area contributed by atoms with Crippen LogP contribution >= 0.6 is 23.4 Å². The summed E-state index contributed by atoms with van der Waals surface area (Å²) < 4.78 is 11.2. The van der Waals surface area contributed by atoms with Crippen LogP contribution in [-0.2, 0) is 16.2 Å². The van der Waals surface area contributed by atoms with Gasteiger partial charge in [0, 0.05) is 10.7 Å². The van der Waals surface area contributed by atoms with Crippen molar-refractivity contribution in [3.8, 4) is 11.5 Å². The van der Waals surface area contributed by atoms with Crippen molar-refractivity contribution in [1.29, 1.82) is 0 Å². The summed E-state index contributed by atoms with van der Waals surface area (Å²) in [5.74, 6) is -1.27. The van der Waals surface area contributed by atoms with Crippen molar-refractivity contribution in [1.82, 2.24) is 4.90 Å². The lowest BCUT2D eigenvalue weighted by atomic mass is 10.1. The van der Waals surface area contributed by atoms with Crippen LogP contribution in [-0.4, -0.2) is 46.7 Å². The normalized spacial score (nSPS) is 14.1. The Bertz CT molecular complexity index is 1440. The first-order valence-corrected chi connectivity index (χ1v) is 12.4. The Morgan fingerprint density at radius 1 is 1.05 bits per heavy atom. The average Bonchev–Trinajstić information content (AvgIpc) is 3.15. The van der Waals surface area contributed by atoms with Crippen molar-refractivity contribution in [3.05, 3.63) is 93.3 Å². The van der Waals surface area contributed by atoms with Crippen molar-refractivity contribution in [3.63, 3.8) is 0 Å². The number of carboxylic acids is 1. The van der Waals surface area contributed by atoms with E-state index >= 15 is 0 Å². The van der Waals surface area contributed by atoms with Gasteiger partial charge in [-0.2, -0.15) is 0 Å². The first kappa shape index (κ1) is 26.8. The summed E-state index contributed by atoms with van der Waals surface area (Å²) in [7, 11) is 1.47. The Labute approximate surface area is 227 Å². The molecule has 38 heavy (non-hydrogen) atoms. The van der Waals surface area contributed by atoms with Gasteiger partial charge in [-0.15, -0.1) is 0 Å². The van der Waals surface area contributed by atoms with Crippen LogP contribution in [0.5, 0.6) is 11.5 Å². The third-order valence-corrected chi connectivity index (χ3v) is 6.51. The van der Waals surface area contributed by atoms with E-state index in [9.17, 15) is 19.2 Å². The number of amides is 3. The number of benzene rings is 3. The molecule has 0 bridgehead atoms. The van der Waals surface area contributed by atoms with E-state index in [1.165, 1.54) is 25.3 Å². The molecule has 0 spiro atoms. The summed E-state index contributed by atoms with van der Waals surface area (Å²) in [5, 5.41) is 11.5. The van der Waals surface area contributed by atoms with E-state index < -0.39 is 29.6 Å². The molecule has 1 aliphatic rings. The zero-order chi connectivity index (χ0) is 27.2. The van der Waals surface area contributed by atoms with Crippen molar-refractivity contribution in [2.24, 2.45) is 0 Å². The summed E-state index contributed by atoms with van der Waals surface area (Å²) in [4.78, 5) is 49.7. The Balaban J connectivity index is 1.41. The average molecular weight is 553 g/mol. The minimum absolute atomic E-state index is 0.166. The summed E-state index contributed by atoms with van der Waals surface area (Å²) in [5.41, 5.74) is 2.00. The van der Waals surface area contributed by atoms with Gasteiger partial charge >= 0.3 is 5.97 Å². The molecule has 11 heteroatoms. The molecule has 1 aliphatic heterocycles. The molecule has 3 aromatic carbocycles. The fraction of sp³-hybridized carbons (Fsp3) is 0.111. The molecule has 2 N–H and O–H groups in total. The molecule has 3 aromatic rings. The van der Waals surface area contributed by atoms with Crippen LogP contribution in [0.15, 0.2) is 71.6 Å². The van der Waals surface area contributed by atoms with Crippen LogP contribution in [0.3, 0.4) is 0 Å². The summed E-state index contributed by atoms with van der Waals surface area (Å²) >= 11 is 6.66. The van der Waals surface area contributed by atoms with E-state index in [0.717, 1.165) is 22.2 Å². The zero-order valence-electron chi connectivity index (χ0n) is 20.0. The van der Waals surface area contributed by atoms with Gasteiger partial charge in [-0.3, -0.25) is 19.3 Å². The van der Waals surface area contributed by atoms with Crippen molar-refractivity contribution in [2.75, 3.05) is 19.0 Å². The van der Waals surface area contributed by atoms with Crippen LogP contribution in [0, 0.1) is 0 Å². The molecule has 1 heterocycles. The highest BCUT2D eigenvalue weighted by Gasteiger charge is 2.36. The molecule has 1 saturated heterocycles. The summed E-state index contributed by atoms with van der Waals surface area (Å²) in [6.07, 6.45) is 1.54. The van der Waals surface area contributed by atoms with Crippen LogP contribution in [0.4, 0.5) is 10.5 Å². The molecule has 0 unspecified atom stereocenters. The highest BCUT2D eigenvalue weighted by molar-refractivity contribution is 8.18. The number of hydrogen-bond acceptors (Lipinski definition) is 7. The lowest BCUT2D eigenvalue weighted by Gasteiger charge is -2.13. The number of halogens is 1. The second-order valence-electron chi connectivity index (χ2n) is 8.03. The standard InChI is InChI=1S/C27H21ClN2O7S/c1-36-22-11-17(7-10-21(22)37-15-16-5-8-18(9-6-16)26(33)34)12-23-25(32)30(27(35)38-23)14-24(31)29-20-4-2-3-19(28)13-20/h2-13H,14-15H2,1H3,(H,29,31)(H,33,34)/b23-12-. The number of nitrogens with zero attached hydrogens (tertiary/aromatic N) is 1. The summed E-state index contributed by atoms with van der Waals surface area (Å²) in [6, 6.07) is 17.9. The van der Waals surface area contributed by atoms with Gasteiger partial charge in [-0.05, 0) is 71.4 Å². The molecule has 194 valence electrons. The van der Waals surface area contributed by atoms with Crippen LogP contribution in [0.1, 0.15) is 21.5 Å². The number of carbonyl (C=O) groups is 4. The molecular weight excluding hydrogens is 532 g/mol. The van der Waals surface area contributed by atoms with Gasteiger partial charge in [0.15, 0.2) is 11.5 Å². The highest BCUT2D eigenvalue weighted by Crippen LogP contribution is 2.35. The number of thioether (sulfide) groups is 1. The Kier molecular flexibility index (Phi) is 8.35. The van der Waals surface area contributed by atoms with Gasteiger partial charge in [0.1, 0.15) is 13.2 Å². The number of nitrogens with one attached hydrogen (secondary N) is 1. The fourth-order valence-corrected chi connectivity index (χ4v) is 4.52. The van der Waals surface area contributed by atoms with Gasteiger partial charge in [-0.25, -0.2) is 4.79 Å². The number of carboxylic acid groups (broad SMARTS) is 1. The van der Waals surface area contributed by atoms with E-state index in [4.69, 9.17) is 26.2 Å². The molecular formula is C27H21ClN2O7S. The van der Waals surface area contributed by atoms with E-state index in [0.29, 0.717) is 27.8 Å². The number of anilines is 1. The van der Waals surface area contributed by atoms with Gasteiger partial charge in [-0.1, -0.05) is 35.9 Å². The lowest BCUT2D eigenvalue weighted by molar-refractivity contribution is -0.127. The SMILES string of the molecule is COc1cc(/C=C2\SC(=O)N(CC(=O)Nc3cccc(Cl)c3)C2=O)ccc1OCc1ccc(C(=O)O)cc1. The molecule has 0 aliphatic carbocycles. The molecule has 9 nitrogen and oxygen atoms in total. The molecule has 0 aromatic heterocycles. The first-order chi connectivity index (χ1) is 18.2. The Morgan fingerprint density at radius 3 is 2.50 bits per heavy atom. The molecule has 1 fully saturated rings. The molecule has 0 atom stereocenters. The molecule has 4 rings (SSSR count). The van der Waals surface area contributed by atoms with Gasteiger partial charge in [0.05, 0.1) is 17.6 Å². The Hall–Kier alpha value is -4.28. The lowest BCUT2D eigenvalue weighted by Crippen LogP contribution is -2.36. The van der Waals surface area contributed by atoms with Gasteiger partial charge in [0.2, 0.25) is 5.91 Å². The second-order valence-corrected chi connectivity index (χ2v) is 9.46. The first-order valence-electron chi connectivity index (χ1n) is 11.2. The smallest absolute Gasteiger partial charge is 0.335 e. The third kappa shape index (κ3) is 6.53. The minimum atomic E-state index is -1.01. The molecule has 0 radical (unpaired) electrons. The number of hydrogen-bond donors (Lipinski definition) is 2. The predicted octanol–water partition coefficient (Wildman–Crippen LogP) is 5.30. The highest BCUT2D eigenvalue weighted by atomic mass is 35.5. The van der Waals surface area contributed by atoms with Crippen LogP contribution in [0.25, 0.3) is 6.08 Å². The number of ether oxygens (including phenoxy) is 2. The number of imide groups is 1. The largest absolute Gasteiger partial charge is 0.493 e. The number of aromatic carboxylic acids is 1. The van der Waals surface area contributed by atoms with Gasteiger partial charge < -0.3 is 19.9 Å². The maximum Gasteiger partial charge on any atom is 0.335 e. The fourth-order valence-electron chi connectivity index (χ4n) is 3.50. The number of methoxy groups -OCH3 is 1. The van der Waals surface area contributed by atoms with Gasteiger partial charge in [0.25, 0.3) is 11.1 Å². The van der Waals surface area contributed by atoms with E-state index in [1.54, 1.807) is 54.6 Å². The van der Waals surface area contributed by atoms with Crippen molar-refractivity contribution >= 4 is 58.1 Å². The van der Waals surface area contributed by atoms with Crippen molar-refractivity contribution in [2.45, 2.75) is 6.61 Å². The summed E-state index contributed by atoms with van der Waals surface area (Å²) in [6.45, 7) is -0.246. The van der Waals surface area contributed by atoms with Crippen LogP contribution in [0.2, 0.25) is 5.02 Å². The Morgan fingerprint density at radius 2 is 1.82 bits per heavy atom. The van der Waals surface area contributed by atoms with Crippen LogP contribution < -0.4 is 14.8 Å². The van der Waals surface area contributed by atoms with E-state index in [-0.39, 0.29) is 17.1 Å². The van der Waals surface area contributed by atoms with Crippen molar-refractivity contribution < 1.29 is 33.8 Å². The zero-order valence-corrected chi connectivity index (χ0v) is 21.5. The second kappa shape index (κ2) is 11.8. The maximum atomic E-state index is 12.8. The monoisotopic (exact) mass is 552 g/mol. The van der Waals surface area contributed by atoms with E-state index in [1.807, 2.05) is 0 Å². The third-order valence-electron chi connectivity index (χ3n) is 5.36. The number of carbonyl (C=O) groups excluding carboxylic acids is 3. The topological polar surface area (TPSA) is 122 Å². The number of rotatable bonds is 9. The molecule has 3 amide bonds.